The molecule has 0 bridgehead atoms. The van der Waals surface area contributed by atoms with Gasteiger partial charge in [0.05, 0.1) is 22.0 Å². The van der Waals surface area contributed by atoms with Crippen molar-refractivity contribution in [2.45, 2.75) is 64.5 Å². The second-order valence-electron chi connectivity index (χ2n) is 7.03. The molecule has 0 saturated heterocycles. The minimum Gasteiger partial charge on any atom is -0.310 e. The third-order valence-electron chi connectivity index (χ3n) is 5.21. The number of rotatable bonds is 3. The summed E-state index contributed by atoms with van der Waals surface area (Å²) in [5.74, 6) is 1.38. The van der Waals surface area contributed by atoms with Crippen LogP contribution in [0.5, 0.6) is 0 Å². The van der Waals surface area contributed by atoms with Crippen LogP contribution >= 0.6 is 11.3 Å². The Balaban J connectivity index is 1.52. The summed E-state index contributed by atoms with van der Waals surface area (Å²) < 4.78 is 0. The van der Waals surface area contributed by atoms with Gasteiger partial charge in [-0.25, -0.2) is 9.97 Å². The van der Waals surface area contributed by atoms with Crippen LogP contribution in [0.2, 0.25) is 0 Å². The number of hydrogen-bond acceptors (Lipinski definition) is 5. The fourth-order valence-electron chi connectivity index (χ4n) is 3.91. The van der Waals surface area contributed by atoms with Gasteiger partial charge in [-0.15, -0.1) is 11.3 Å². The van der Waals surface area contributed by atoms with Crippen LogP contribution in [0.4, 0.5) is 0 Å². The molecule has 2 aromatic rings. The van der Waals surface area contributed by atoms with Gasteiger partial charge in [-0.3, -0.25) is 9.69 Å². The number of aromatic nitrogens is 3. The van der Waals surface area contributed by atoms with Gasteiger partial charge in [-0.2, -0.15) is 0 Å². The van der Waals surface area contributed by atoms with Gasteiger partial charge in [-0.1, -0.05) is 19.3 Å². The second kappa shape index (κ2) is 6.76. The van der Waals surface area contributed by atoms with Crippen LogP contribution in [0.15, 0.2) is 10.2 Å². The lowest BCUT2D eigenvalue weighted by Crippen LogP contribution is -2.36. The molecule has 6 heteroatoms. The van der Waals surface area contributed by atoms with E-state index < -0.39 is 0 Å². The predicted molar refractivity (Wildman–Crippen MR) is 95.4 cm³/mol. The molecule has 0 unspecified atom stereocenters. The number of aromatic amines is 1. The maximum absolute atomic E-state index is 12.6. The summed E-state index contributed by atoms with van der Waals surface area (Å²) in [6.07, 6.45) is 7.02. The molecule has 0 atom stereocenters. The monoisotopic (exact) mass is 344 g/mol. The molecular formula is C18H24N4OS. The number of aryl methyl sites for hydroxylation is 1. The van der Waals surface area contributed by atoms with Crippen molar-refractivity contribution < 1.29 is 0 Å². The molecule has 0 aromatic carbocycles. The van der Waals surface area contributed by atoms with E-state index in [0.717, 1.165) is 60.1 Å². The average molecular weight is 344 g/mol. The summed E-state index contributed by atoms with van der Waals surface area (Å²) in [7, 11) is 0. The van der Waals surface area contributed by atoms with Crippen LogP contribution in [0.1, 0.15) is 65.8 Å². The molecule has 1 N–H and O–H groups in total. The van der Waals surface area contributed by atoms with Gasteiger partial charge < -0.3 is 4.98 Å². The molecule has 2 aliphatic rings. The first-order valence-corrected chi connectivity index (χ1v) is 9.82. The number of H-pyrrole nitrogens is 1. The molecule has 0 radical (unpaired) electrons. The number of nitrogens with zero attached hydrogens (tertiary/aromatic N) is 3. The third kappa shape index (κ3) is 3.30. The summed E-state index contributed by atoms with van der Waals surface area (Å²) in [6, 6.07) is 0. The summed E-state index contributed by atoms with van der Waals surface area (Å²) in [6.45, 7) is 4.47. The Kier molecular flexibility index (Phi) is 4.50. The van der Waals surface area contributed by atoms with E-state index in [1.165, 1.54) is 19.3 Å². The van der Waals surface area contributed by atoms with E-state index in [1.807, 2.05) is 6.92 Å². The molecule has 1 aliphatic heterocycles. The lowest BCUT2D eigenvalue weighted by atomic mass is 9.88. The van der Waals surface area contributed by atoms with Gasteiger partial charge >= 0.3 is 0 Å². The molecule has 2 aromatic heterocycles. The van der Waals surface area contributed by atoms with E-state index in [0.29, 0.717) is 12.5 Å². The van der Waals surface area contributed by atoms with Crippen LogP contribution in [0.3, 0.4) is 0 Å². The molecule has 0 spiro atoms. The van der Waals surface area contributed by atoms with Crippen LogP contribution in [0, 0.1) is 6.92 Å². The zero-order valence-corrected chi connectivity index (χ0v) is 15.0. The van der Waals surface area contributed by atoms with Gasteiger partial charge in [0.2, 0.25) is 0 Å². The van der Waals surface area contributed by atoms with Gasteiger partial charge in [-0.05, 0) is 19.8 Å². The van der Waals surface area contributed by atoms with Gasteiger partial charge in [0.25, 0.3) is 5.56 Å². The van der Waals surface area contributed by atoms with Crippen molar-refractivity contribution in [1.29, 1.82) is 0 Å². The van der Waals surface area contributed by atoms with Crippen LogP contribution in [-0.2, 0) is 19.5 Å². The van der Waals surface area contributed by atoms with Crippen molar-refractivity contribution in [3.8, 4) is 0 Å². The lowest BCUT2D eigenvalue weighted by Gasteiger charge is -2.28. The number of nitrogens with one attached hydrogen (secondary N) is 1. The minimum atomic E-state index is 0.0692. The first-order valence-electron chi connectivity index (χ1n) is 8.94. The number of hydrogen-bond donors (Lipinski definition) is 1. The molecular weight excluding hydrogens is 320 g/mol. The molecule has 24 heavy (non-hydrogen) atoms. The Labute approximate surface area is 146 Å². The van der Waals surface area contributed by atoms with E-state index in [-0.39, 0.29) is 5.56 Å². The smallest absolute Gasteiger partial charge is 0.255 e. The fourth-order valence-corrected chi connectivity index (χ4v) is 4.52. The Morgan fingerprint density at radius 1 is 1.29 bits per heavy atom. The van der Waals surface area contributed by atoms with Crippen LogP contribution in [0.25, 0.3) is 0 Å². The Morgan fingerprint density at radius 2 is 2.12 bits per heavy atom. The van der Waals surface area contributed by atoms with E-state index >= 15 is 0 Å². The van der Waals surface area contributed by atoms with Crippen molar-refractivity contribution in [2.24, 2.45) is 0 Å². The quantitative estimate of drug-likeness (QED) is 0.929. The maximum atomic E-state index is 12.6. The molecule has 3 heterocycles. The Bertz CT molecular complexity index is 776. The molecule has 4 rings (SSSR count). The van der Waals surface area contributed by atoms with Gasteiger partial charge in [0.1, 0.15) is 5.82 Å². The maximum Gasteiger partial charge on any atom is 0.255 e. The van der Waals surface area contributed by atoms with Crippen molar-refractivity contribution in [3.63, 3.8) is 0 Å². The second-order valence-corrected chi connectivity index (χ2v) is 8.09. The van der Waals surface area contributed by atoms with Gasteiger partial charge in [0, 0.05) is 37.4 Å². The Hall–Kier alpha value is -1.53. The van der Waals surface area contributed by atoms with Crippen molar-refractivity contribution in [2.75, 3.05) is 6.54 Å². The highest BCUT2D eigenvalue weighted by atomic mass is 32.1. The van der Waals surface area contributed by atoms with Crippen molar-refractivity contribution >= 4 is 11.3 Å². The molecule has 1 aliphatic carbocycles. The van der Waals surface area contributed by atoms with Gasteiger partial charge in [0.15, 0.2) is 0 Å². The summed E-state index contributed by atoms with van der Waals surface area (Å²) >= 11 is 1.68. The van der Waals surface area contributed by atoms with Crippen LogP contribution < -0.4 is 5.56 Å². The Morgan fingerprint density at radius 3 is 2.88 bits per heavy atom. The zero-order valence-electron chi connectivity index (χ0n) is 14.2. The first-order chi connectivity index (χ1) is 11.7. The van der Waals surface area contributed by atoms with Crippen molar-refractivity contribution in [1.82, 2.24) is 19.9 Å². The largest absolute Gasteiger partial charge is 0.310 e. The summed E-state index contributed by atoms with van der Waals surface area (Å²) in [5.41, 5.74) is 3.04. The standard InChI is InChI=1S/C18H24N4OS/c1-12-19-14(11-24-12)9-22-8-7-16-15(10-22)18(23)21-17(20-16)13-5-3-2-4-6-13/h11,13H,2-10H2,1H3,(H,20,21,23). The lowest BCUT2D eigenvalue weighted by molar-refractivity contribution is 0.238. The number of thiazole rings is 1. The molecule has 1 fully saturated rings. The van der Waals surface area contributed by atoms with E-state index in [2.05, 4.69) is 20.2 Å². The average Bonchev–Trinajstić information content (AvgIpc) is 3.01. The topological polar surface area (TPSA) is 61.9 Å². The predicted octanol–water partition coefficient (Wildman–Crippen LogP) is 3.14. The van der Waals surface area contributed by atoms with E-state index in [9.17, 15) is 4.79 Å². The van der Waals surface area contributed by atoms with E-state index in [1.54, 1.807) is 11.3 Å². The third-order valence-corrected chi connectivity index (χ3v) is 6.03. The normalized spacial score (nSPS) is 19.4. The molecule has 5 nitrogen and oxygen atoms in total. The van der Waals surface area contributed by atoms with Crippen molar-refractivity contribution in [3.05, 3.63) is 43.5 Å². The molecule has 1 saturated carbocycles. The van der Waals surface area contributed by atoms with E-state index in [4.69, 9.17) is 4.98 Å². The fraction of sp³-hybridized carbons (Fsp3) is 0.611. The summed E-state index contributed by atoms with van der Waals surface area (Å²) in [5, 5.41) is 3.21. The minimum absolute atomic E-state index is 0.0692. The SMILES string of the molecule is Cc1nc(CN2CCc3nc(C4CCCCC4)[nH]c(=O)c3C2)cs1. The highest BCUT2D eigenvalue weighted by molar-refractivity contribution is 7.09. The zero-order chi connectivity index (χ0) is 16.5. The molecule has 0 amide bonds. The molecule has 128 valence electrons. The summed E-state index contributed by atoms with van der Waals surface area (Å²) in [4.78, 5) is 27.4. The highest BCUT2D eigenvalue weighted by Gasteiger charge is 2.24. The highest BCUT2D eigenvalue weighted by Crippen LogP contribution is 2.30. The van der Waals surface area contributed by atoms with Crippen LogP contribution in [-0.4, -0.2) is 26.4 Å². The number of fused-ring (bicyclic) bond motifs is 1. The first kappa shape index (κ1) is 16.0.